The van der Waals surface area contributed by atoms with Gasteiger partial charge in [-0.1, -0.05) is 41.9 Å². The average molecular weight is 290 g/mol. The van der Waals surface area contributed by atoms with Crippen LogP contribution < -0.4 is 0 Å². The smallest absolute Gasteiger partial charge is 0.229 e. The number of hydrogen-bond donors (Lipinski definition) is 0. The Kier molecular flexibility index (Phi) is 4.81. The van der Waals surface area contributed by atoms with E-state index in [0.717, 1.165) is 16.5 Å². The average Bonchev–Trinajstić information content (AvgIpc) is 2.13. The molecule has 0 heterocycles. The minimum atomic E-state index is -0.276. The number of carbonyl (C=O) groups excluding carboxylic acids is 1. The highest BCUT2D eigenvalue weighted by Crippen LogP contribution is 2.28. The van der Waals surface area contributed by atoms with Crippen LogP contribution in [-0.2, 0) is 4.79 Å². The molecule has 0 amide bonds. The Morgan fingerprint density at radius 2 is 2.13 bits per heavy atom. The molecule has 0 bridgehead atoms. The van der Waals surface area contributed by atoms with E-state index in [9.17, 15) is 4.79 Å². The van der Waals surface area contributed by atoms with Crippen LogP contribution in [0.5, 0.6) is 0 Å². The summed E-state index contributed by atoms with van der Waals surface area (Å²) in [5, 5.41) is -0.276. The molecule has 0 aliphatic rings. The summed E-state index contributed by atoms with van der Waals surface area (Å²) >= 11 is 9.01. The lowest BCUT2D eigenvalue weighted by atomic mass is 9.91. The van der Waals surface area contributed by atoms with E-state index in [-0.39, 0.29) is 11.2 Å². The largest absolute Gasteiger partial charge is 0.281 e. The van der Waals surface area contributed by atoms with E-state index < -0.39 is 0 Å². The zero-order valence-corrected chi connectivity index (χ0v) is 11.2. The summed E-state index contributed by atoms with van der Waals surface area (Å²) in [6, 6.07) is 7.76. The van der Waals surface area contributed by atoms with Crippen LogP contribution in [0.1, 0.15) is 31.7 Å². The van der Waals surface area contributed by atoms with Gasteiger partial charge in [-0.05, 0) is 41.6 Å². The zero-order chi connectivity index (χ0) is 11.4. The number of carbonyl (C=O) groups is 1. The quantitative estimate of drug-likeness (QED) is 0.753. The fourth-order valence-corrected chi connectivity index (χ4v) is 2.19. The van der Waals surface area contributed by atoms with Crippen molar-refractivity contribution in [1.29, 1.82) is 0 Å². The standard InChI is InChI=1S/C12H14BrClO/c1-8(2)6-11(12(14)15)9-4-3-5-10(13)7-9/h3-5,7-8,11H,6H2,1-2H3. The molecule has 1 atom stereocenters. The maximum atomic E-state index is 11.3. The summed E-state index contributed by atoms with van der Waals surface area (Å²) in [6.45, 7) is 4.18. The van der Waals surface area contributed by atoms with Crippen LogP contribution in [0.2, 0.25) is 0 Å². The fourth-order valence-electron chi connectivity index (χ4n) is 1.55. The lowest BCUT2D eigenvalue weighted by molar-refractivity contribution is -0.113. The van der Waals surface area contributed by atoms with Crippen LogP contribution in [0.3, 0.4) is 0 Å². The van der Waals surface area contributed by atoms with Gasteiger partial charge in [-0.15, -0.1) is 0 Å². The minimum Gasteiger partial charge on any atom is -0.281 e. The Hall–Kier alpha value is -0.340. The summed E-state index contributed by atoms with van der Waals surface area (Å²) in [4.78, 5) is 11.3. The van der Waals surface area contributed by atoms with Crippen molar-refractivity contribution < 1.29 is 4.79 Å². The lowest BCUT2D eigenvalue weighted by Crippen LogP contribution is -2.09. The Morgan fingerprint density at radius 1 is 1.47 bits per heavy atom. The van der Waals surface area contributed by atoms with E-state index in [1.807, 2.05) is 24.3 Å². The van der Waals surface area contributed by atoms with Crippen molar-refractivity contribution in [1.82, 2.24) is 0 Å². The lowest BCUT2D eigenvalue weighted by Gasteiger charge is -2.15. The molecular formula is C12H14BrClO. The second-order valence-corrected chi connectivity index (χ2v) is 5.33. The van der Waals surface area contributed by atoms with Gasteiger partial charge in [-0.2, -0.15) is 0 Å². The maximum Gasteiger partial charge on any atom is 0.229 e. The third-order valence-electron chi connectivity index (χ3n) is 2.23. The first-order valence-electron chi connectivity index (χ1n) is 4.95. The van der Waals surface area contributed by atoms with Gasteiger partial charge < -0.3 is 0 Å². The molecule has 0 fully saturated rings. The number of benzene rings is 1. The summed E-state index contributed by atoms with van der Waals surface area (Å²) in [5.74, 6) is 0.265. The van der Waals surface area contributed by atoms with Crippen molar-refractivity contribution in [3.05, 3.63) is 34.3 Å². The minimum absolute atomic E-state index is 0.191. The highest BCUT2D eigenvalue weighted by molar-refractivity contribution is 9.10. The molecule has 1 rings (SSSR count). The SMILES string of the molecule is CC(C)CC(C(=O)Cl)c1cccc(Br)c1. The molecule has 82 valence electrons. The van der Waals surface area contributed by atoms with Gasteiger partial charge >= 0.3 is 0 Å². The van der Waals surface area contributed by atoms with E-state index in [1.165, 1.54) is 0 Å². The van der Waals surface area contributed by atoms with Crippen LogP contribution in [0, 0.1) is 5.92 Å². The Bertz CT molecular complexity index is 349. The molecule has 0 aromatic heterocycles. The van der Waals surface area contributed by atoms with Crippen LogP contribution in [0.25, 0.3) is 0 Å². The van der Waals surface area contributed by atoms with Crippen molar-refractivity contribution in [2.75, 3.05) is 0 Å². The van der Waals surface area contributed by atoms with E-state index in [0.29, 0.717) is 5.92 Å². The molecule has 0 N–H and O–H groups in total. The summed E-state index contributed by atoms with van der Waals surface area (Å²) < 4.78 is 0.978. The number of halogens is 2. The van der Waals surface area contributed by atoms with Crippen molar-refractivity contribution in [3.8, 4) is 0 Å². The van der Waals surface area contributed by atoms with E-state index >= 15 is 0 Å². The van der Waals surface area contributed by atoms with E-state index in [2.05, 4.69) is 29.8 Å². The fraction of sp³-hybridized carbons (Fsp3) is 0.417. The Balaban J connectivity index is 2.94. The third-order valence-corrected chi connectivity index (χ3v) is 2.99. The number of hydrogen-bond acceptors (Lipinski definition) is 1. The second-order valence-electron chi connectivity index (χ2n) is 4.04. The van der Waals surface area contributed by atoms with Gasteiger partial charge in [-0.3, -0.25) is 4.79 Å². The predicted octanol–water partition coefficient (Wildman–Crippen LogP) is 4.34. The van der Waals surface area contributed by atoms with Crippen LogP contribution in [0.15, 0.2) is 28.7 Å². The first kappa shape index (κ1) is 12.7. The first-order chi connectivity index (χ1) is 7.00. The van der Waals surface area contributed by atoms with E-state index in [4.69, 9.17) is 11.6 Å². The highest BCUT2D eigenvalue weighted by atomic mass is 79.9. The molecule has 0 radical (unpaired) electrons. The van der Waals surface area contributed by atoms with Crippen molar-refractivity contribution in [3.63, 3.8) is 0 Å². The molecule has 0 spiro atoms. The van der Waals surface area contributed by atoms with Crippen LogP contribution in [-0.4, -0.2) is 5.24 Å². The predicted molar refractivity (Wildman–Crippen MR) is 67.2 cm³/mol. The van der Waals surface area contributed by atoms with Gasteiger partial charge in [0.15, 0.2) is 0 Å². The molecule has 0 saturated carbocycles. The molecule has 0 aliphatic heterocycles. The molecular weight excluding hydrogens is 275 g/mol. The van der Waals surface area contributed by atoms with Gasteiger partial charge in [0.2, 0.25) is 5.24 Å². The van der Waals surface area contributed by atoms with Gasteiger partial charge in [-0.25, -0.2) is 0 Å². The molecule has 1 aromatic carbocycles. The third kappa shape index (κ3) is 3.96. The molecule has 1 unspecified atom stereocenters. The maximum absolute atomic E-state index is 11.3. The molecule has 0 aliphatic carbocycles. The normalized spacial score (nSPS) is 12.9. The topological polar surface area (TPSA) is 17.1 Å². The molecule has 15 heavy (non-hydrogen) atoms. The summed E-state index contributed by atoms with van der Waals surface area (Å²) in [6.07, 6.45) is 0.790. The zero-order valence-electron chi connectivity index (χ0n) is 8.84. The molecule has 3 heteroatoms. The van der Waals surface area contributed by atoms with Gasteiger partial charge in [0.05, 0.1) is 5.92 Å². The van der Waals surface area contributed by atoms with Crippen LogP contribution >= 0.6 is 27.5 Å². The summed E-state index contributed by atoms with van der Waals surface area (Å²) in [7, 11) is 0. The summed E-state index contributed by atoms with van der Waals surface area (Å²) in [5.41, 5.74) is 0.984. The first-order valence-corrected chi connectivity index (χ1v) is 6.12. The molecule has 1 nitrogen and oxygen atoms in total. The Labute approximate surface area is 104 Å². The van der Waals surface area contributed by atoms with Crippen molar-refractivity contribution >= 4 is 32.8 Å². The van der Waals surface area contributed by atoms with Crippen molar-refractivity contribution in [2.45, 2.75) is 26.2 Å². The molecule has 0 saturated heterocycles. The molecule has 1 aromatic rings. The Morgan fingerprint density at radius 3 is 2.60 bits per heavy atom. The van der Waals surface area contributed by atoms with Gasteiger partial charge in [0.1, 0.15) is 0 Å². The highest BCUT2D eigenvalue weighted by Gasteiger charge is 2.19. The van der Waals surface area contributed by atoms with E-state index in [1.54, 1.807) is 0 Å². The van der Waals surface area contributed by atoms with Gasteiger partial charge in [0.25, 0.3) is 0 Å². The monoisotopic (exact) mass is 288 g/mol. The van der Waals surface area contributed by atoms with Crippen molar-refractivity contribution in [2.24, 2.45) is 5.92 Å². The second kappa shape index (κ2) is 5.66. The number of rotatable bonds is 4. The van der Waals surface area contributed by atoms with Crippen LogP contribution in [0.4, 0.5) is 0 Å². The van der Waals surface area contributed by atoms with Gasteiger partial charge in [0, 0.05) is 4.47 Å².